The van der Waals surface area contributed by atoms with Gasteiger partial charge in [-0.05, 0) is 55.8 Å². The van der Waals surface area contributed by atoms with Crippen LogP contribution in [0.1, 0.15) is 35.2 Å². The second-order valence-electron chi connectivity index (χ2n) is 6.46. The zero-order valence-corrected chi connectivity index (χ0v) is 15.2. The maximum Gasteiger partial charge on any atom is 0.205 e. The molecule has 0 amide bonds. The normalized spacial score (nSPS) is 16.0. The van der Waals surface area contributed by atoms with E-state index in [4.69, 9.17) is 4.42 Å². The molecule has 1 unspecified atom stereocenters. The van der Waals surface area contributed by atoms with Crippen molar-refractivity contribution in [3.8, 4) is 0 Å². The predicted octanol–water partition coefficient (Wildman–Crippen LogP) is 4.11. The largest absolute Gasteiger partial charge is 0.468 e. The molecule has 1 saturated heterocycles. The second kappa shape index (κ2) is 7.97. The van der Waals surface area contributed by atoms with Crippen LogP contribution in [-0.4, -0.2) is 34.7 Å². The Morgan fingerprint density at radius 2 is 1.96 bits per heavy atom. The monoisotopic (exact) mass is 372 g/mol. The molecule has 1 atom stereocenters. The van der Waals surface area contributed by atoms with Gasteiger partial charge in [0.2, 0.25) is 5.13 Å². The third kappa shape index (κ3) is 4.11. The SMILES string of the molecule is Fc1ccc(Cc2nnc(NCC(c3ccco3)N3CCCC3)s2)cc1. The minimum atomic E-state index is -0.223. The Balaban J connectivity index is 1.39. The molecule has 7 heteroatoms. The van der Waals surface area contributed by atoms with Crippen LogP contribution in [0.3, 0.4) is 0 Å². The van der Waals surface area contributed by atoms with Crippen LogP contribution in [0, 0.1) is 5.82 Å². The van der Waals surface area contributed by atoms with E-state index in [1.807, 2.05) is 12.1 Å². The van der Waals surface area contributed by atoms with E-state index in [2.05, 4.69) is 20.4 Å². The van der Waals surface area contributed by atoms with Gasteiger partial charge in [0.15, 0.2) is 0 Å². The number of halogens is 1. The van der Waals surface area contributed by atoms with Crippen molar-refractivity contribution in [2.45, 2.75) is 25.3 Å². The smallest absolute Gasteiger partial charge is 0.205 e. The van der Waals surface area contributed by atoms with Gasteiger partial charge in [-0.15, -0.1) is 10.2 Å². The van der Waals surface area contributed by atoms with Crippen LogP contribution in [0.5, 0.6) is 0 Å². The van der Waals surface area contributed by atoms with Crippen LogP contribution < -0.4 is 5.32 Å². The molecule has 4 rings (SSSR count). The Bertz CT molecular complexity index is 812. The predicted molar refractivity (Wildman–Crippen MR) is 99.9 cm³/mol. The van der Waals surface area contributed by atoms with Crippen LogP contribution in [0.2, 0.25) is 0 Å². The van der Waals surface area contributed by atoms with Gasteiger partial charge in [-0.3, -0.25) is 4.90 Å². The van der Waals surface area contributed by atoms with Gasteiger partial charge in [0.1, 0.15) is 16.6 Å². The summed E-state index contributed by atoms with van der Waals surface area (Å²) in [5.41, 5.74) is 1.03. The maximum absolute atomic E-state index is 13.0. The molecule has 1 aromatic carbocycles. The molecule has 1 N–H and O–H groups in total. The lowest BCUT2D eigenvalue weighted by Gasteiger charge is -2.25. The van der Waals surface area contributed by atoms with E-state index in [0.717, 1.165) is 41.1 Å². The van der Waals surface area contributed by atoms with Crippen molar-refractivity contribution in [3.63, 3.8) is 0 Å². The lowest BCUT2D eigenvalue weighted by Crippen LogP contribution is -2.30. The van der Waals surface area contributed by atoms with Crippen molar-refractivity contribution < 1.29 is 8.81 Å². The molecule has 5 nitrogen and oxygen atoms in total. The fraction of sp³-hybridized carbons (Fsp3) is 0.368. The standard InChI is InChI=1S/C19H21FN4OS/c20-15-7-5-14(6-8-15)12-18-22-23-19(26-18)21-13-16(17-4-3-11-25-17)24-9-1-2-10-24/h3-8,11,16H,1-2,9-10,12-13H2,(H,21,23). The summed E-state index contributed by atoms with van der Waals surface area (Å²) in [6.07, 6.45) is 4.85. The first-order valence-corrected chi connectivity index (χ1v) is 9.68. The van der Waals surface area contributed by atoms with Crippen LogP contribution in [0.4, 0.5) is 9.52 Å². The lowest BCUT2D eigenvalue weighted by molar-refractivity contribution is 0.225. The zero-order chi connectivity index (χ0) is 17.8. The van der Waals surface area contributed by atoms with Gasteiger partial charge in [0, 0.05) is 13.0 Å². The second-order valence-corrected chi connectivity index (χ2v) is 7.52. The number of likely N-dealkylation sites (tertiary alicyclic amines) is 1. The zero-order valence-electron chi connectivity index (χ0n) is 14.4. The number of nitrogens with one attached hydrogen (secondary N) is 1. The van der Waals surface area contributed by atoms with E-state index in [1.165, 1.54) is 36.3 Å². The molecule has 0 spiro atoms. The van der Waals surface area contributed by atoms with E-state index < -0.39 is 0 Å². The molecule has 0 bridgehead atoms. The number of hydrogen-bond donors (Lipinski definition) is 1. The maximum atomic E-state index is 13.0. The van der Waals surface area contributed by atoms with Crippen molar-refractivity contribution in [1.29, 1.82) is 0 Å². The summed E-state index contributed by atoms with van der Waals surface area (Å²) in [4.78, 5) is 2.45. The van der Waals surface area contributed by atoms with Gasteiger partial charge >= 0.3 is 0 Å². The van der Waals surface area contributed by atoms with E-state index in [-0.39, 0.29) is 11.9 Å². The third-order valence-corrected chi connectivity index (χ3v) is 5.52. The fourth-order valence-electron chi connectivity index (χ4n) is 3.30. The van der Waals surface area contributed by atoms with Gasteiger partial charge in [-0.2, -0.15) is 0 Å². The molecule has 1 fully saturated rings. The van der Waals surface area contributed by atoms with Gasteiger partial charge in [-0.1, -0.05) is 23.5 Å². The molecule has 1 aliphatic heterocycles. The average molecular weight is 372 g/mol. The van der Waals surface area contributed by atoms with E-state index in [9.17, 15) is 4.39 Å². The number of hydrogen-bond acceptors (Lipinski definition) is 6. The highest BCUT2D eigenvalue weighted by atomic mass is 32.1. The molecule has 2 aromatic heterocycles. The molecular weight excluding hydrogens is 351 g/mol. The van der Waals surface area contributed by atoms with Crippen LogP contribution in [0.25, 0.3) is 0 Å². The fourth-order valence-corrected chi connectivity index (χ4v) is 4.08. The number of aromatic nitrogens is 2. The molecule has 0 saturated carbocycles. The number of benzene rings is 1. The summed E-state index contributed by atoms with van der Waals surface area (Å²) in [6, 6.07) is 10.7. The summed E-state index contributed by atoms with van der Waals surface area (Å²) >= 11 is 1.54. The van der Waals surface area contributed by atoms with Crippen molar-refractivity contribution in [3.05, 3.63) is 64.8 Å². The molecule has 3 aromatic rings. The highest BCUT2D eigenvalue weighted by Crippen LogP contribution is 2.27. The van der Waals surface area contributed by atoms with Crippen molar-refractivity contribution in [2.24, 2.45) is 0 Å². The van der Waals surface area contributed by atoms with Crippen LogP contribution >= 0.6 is 11.3 Å². The Morgan fingerprint density at radius 1 is 1.15 bits per heavy atom. The molecule has 3 heterocycles. The Labute approximate surface area is 155 Å². The lowest BCUT2D eigenvalue weighted by atomic mass is 10.2. The van der Waals surface area contributed by atoms with Gasteiger partial charge in [-0.25, -0.2) is 4.39 Å². The Kier molecular flexibility index (Phi) is 5.26. The molecule has 1 aliphatic rings. The molecule has 136 valence electrons. The minimum Gasteiger partial charge on any atom is -0.468 e. The first-order chi connectivity index (χ1) is 12.8. The molecular formula is C19H21FN4OS. The van der Waals surface area contributed by atoms with Crippen LogP contribution in [-0.2, 0) is 6.42 Å². The number of anilines is 1. The summed E-state index contributed by atoms with van der Waals surface area (Å²) in [5.74, 6) is 0.759. The van der Waals surface area contributed by atoms with Gasteiger partial charge in [0.25, 0.3) is 0 Å². The third-order valence-electron chi connectivity index (χ3n) is 4.64. The highest BCUT2D eigenvalue weighted by Gasteiger charge is 2.25. The van der Waals surface area contributed by atoms with E-state index in [1.54, 1.807) is 18.4 Å². The number of nitrogens with zero attached hydrogens (tertiary/aromatic N) is 3. The summed E-state index contributed by atoms with van der Waals surface area (Å²) in [5, 5.41) is 13.6. The van der Waals surface area contributed by atoms with Gasteiger partial charge in [0.05, 0.1) is 12.3 Å². The first-order valence-electron chi connectivity index (χ1n) is 8.86. The number of rotatable bonds is 7. The summed E-state index contributed by atoms with van der Waals surface area (Å²) in [7, 11) is 0. The highest BCUT2D eigenvalue weighted by molar-refractivity contribution is 7.15. The van der Waals surface area contributed by atoms with Gasteiger partial charge < -0.3 is 9.73 Å². The quantitative estimate of drug-likeness (QED) is 0.676. The Hall–Kier alpha value is -2.25. The van der Waals surface area contributed by atoms with Crippen molar-refractivity contribution >= 4 is 16.5 Å². The van der Waals surface area contributed by atoms with Crippen molar-refractivity contribution in [1.82, 2.24) is 15.1 Å². The molecule has 26 heavy (non-hydrogen) atoms. The van der Waals surface area contributed by atoms with Crippen LogP contribution in [0.15, 0.2) is 47.1 Å². The number of furan rings is 1. The molecule has 0 aliphatic carbocycles. The van der Waals surface area contributed by atoms with E-state index in [0.29, 0.717) is 6.42 Å². The average Bonchev–Trinajstić information content (AvgIpc) is 3.40. The Morgan fingerprint density at radius 3 is 2.69 bits per heavy atom. The molecule has 0 radical (unpaired) electrons. The minimum absolute atomic E-state index is 0.206. The summed E-state index contributed by atoms with van der Waals surface area (Å²) in [6.45, 7) is 2.93. The van der Waals surface area contributed by atoms with Crippen molar-refractivity contribution in [2.75, 3.05) is 25.0 Å². The summed E-state index contributed by atoms with van der Waals surface area (Å²) < 4.78 is 18.6. The topological polar surface area (TPSA) is 54.2 Å². The first kappa shape index (κ1) is 17.2. The van der Waals surface area contributed by atoms with E-state index >= 15 is 0 Å².